The number of carboxylic acids is 1. The van der Waals surface area contributed by atoms with Gasteiger partial charge in [0.1, 0.15) is 0 Å². The van der Waals surface area contributed by atoms with Crippen LogP contribution in [0.4, 0.5) is 0 Å². The van der Waals surface area contributed by atoms with Crippen LogP contribution in [0, 0.1) is 0 Å². The maximum atomic E-state index is 9.83. The minimum Gasteiger partial charge on any atom is -0.478 e. The van der Waals surface area contributed by atoms with E-state index < -0.39 is 5.97 Å². The Morgan fingerprint density at radius 3 is 1.93 bits per heavy atom. The Morgan fingerprint density at radius 1 is 1.50 bits per heavy atom. The van der Waals surface area contributed by atoms with Crippen LogP contribution in [0.3, 0.4) is 0 Å². The molecule has 0 fully saturated rings. The summed E-state index contributed by atoms with van der Waals surface area (Å²) in [5.74, 6) is -1.23. The summed E-state index contributed by atoms with van der Waals surface area (Å²) in [5.41, 5.74) is 0.264. The van der Waals surface area contributed by atoms with E-state index in [2.05, 4.69) is 17.9 Å². The average Bonchev–Trinajstić information content (AvgIpc) is 2.03. The third-order valence-electron chi connectivity index (χ3n) is 0.979. The van der Waals surface area contributed by atoms with E-state index in [9.17, 15) is 9.59 Å². The van der Waals surface area contributed by atoms with Crippen LogP contribution in [-0.2, 0) is 14.3 Å². The highest BCUT2D eigenvalue weighted by Gasteiger charge is 1.96. The molecule has 82 valence electrons. The molecule has 1 N–H and O–H groups in total. The van der Waals surface area contributed by atoms with Crippen molar-refractivity contribution < 1.29 is 19.4 Å². The highest BCUT2D eigenvalue weighted by atomic mass is 28.1. The van der Waals surface area contributed by atoms with Crippen LogP contribution in [0.15, 0.2) is 25.0 Å². The molecule has 0 amide bonds. The third-order valence-corrected chi connectivity index (χ3v) is 0.979. The molecule has 0 bridgehead atoms. The maximum absolute atomic E-state index is 9.83. The first-order chi connectivity index (χ1) is 5.95. The second kappa shape index (κ2) is 11.6. The molecule has 0 atom stereocenters. The average molecular weight is 218 g/mol. The van der Waals surface area contributed by atoms with Crippen molar-refractivity contribution in [2.75, 3.05) is 0 Å². The van der Waals surface area contributed by atoms with Crippen molar-refractivity contribution in [2.45, 2.75) is 20.3 Å². The van der Waals surface area contributed by atoms with Gasteiger partial charge in [0.15, 0.2) is 0 Å². The van der Waals surface area contributed by atoms with Crippen molar-refractivity contribution in [3.63, 3.8) is 0 Å². The number of esters is 1. The molecule has 0 aromatic carbocycles. The van der Waals surface area contributed by atoms with Crippen molar-refractivity contribution in [1.82, 2.24) is 0 Å². The van der Waals surface area contributed by atoms with Gasteiger partial charge < -0.3 is 9.84 Å². The van der Waals surface area contributed by atoms with Crippen LogP contribution in [0.1, 0.15) is 20.3 Å². The molecule has 0 aromatic rings. The summed E-state index contributed by atoms with van der Waals surface area (Å²) in [5, 5.41) is 8.08. The fourth-order valence-electron chi connectivity index (χ4n) is 0.269. The topological polar surface area (TPSA) is 63.6 Å². The summed E-state index contributed by atoms with van der Waals surface area (Å²) < 4.78 is 4.17. The zero-order valence-corrected chi connectivity index (χ0v) is 7.87. The first-order valence-electron chi connectivity index (χ1n) is 3.64. The molecule has 0 aliphatic carbocycles. The maximum Gasteiger partial charge on any atom is 0.330 e. The van der Waals surface area contributed by atoms with Gasteiger partial charge in [-0.15, -0.1) is 0 Å². The summed E-state index contributed by atoms with van der Waals surface area (Å²) >= 11 is 0. The van der Waals surface area contributed by atoms with Crippen LogP contribution in [0.2, 0.25) is 0 Å². The van der Waals surface area contributed by atoms with Crippen molar-refractivity contribution in [3.05, 3.63) is 25.0 Å². The molecule has 0 saturated carbocycles. The largest absolute Gasteiger partial charge is 0.478 e. The number of hydrogen-bond donors (Lipinski definition) is 1. The zero-order valence-electron chi connectivity index (χ0n) is 7.87. The number of hydrogen-bond acceptors (Lipinski definition) is 3. The van der Waals surface area contributed by atoms with Gasteiger partial charge in [-0.05, 0) is 17.4 Å². The molecule has 14 heavy (non-hydrogen) atoms. The van der Waals surface area contributed by atoms with Gasteiger partial charge >= 0.3 is 11.9 Å². The van der Waals surface area contributed by atoms with Gasteiger partial charge in [0.2, 0.25) is 0 Å². The molecule has 4 nitrogen and oxygen atoms in total. The molecule has 0 aromatic heterocycles. The fraction of sp³-hybridized carbons (Fsp3) is 0.333. The van der Waals surface area contributed by atoms with Gasteiger partial charge in [-0.25, -0.2) is 4.79 Å². The van der Waals surface area contributed by atoms with Crippen LogP contribution >= 0.6 is 0 Å². The Morgan fingerprint density at radius 2 is 1.93 bits per heavy atom. The van der Waals surface area contributed by atoms with Crippen LogP contribution in [-0.4, -0.2) is 28.0 Å². The van der Waals surface area contributed by atoms with E-state index in [1.807, 2.05) is 0 Å². The normalized spacial score (nSPS) is 7.00. The Labute approximate surface area is 88.3 Å². The number of carbonyl (C=O) groups is 2. The molecule has 0 rings (SSSR count). The number of ether oxygens (including phenoxy) is 1. The van der Waals surface area contributed by atoms with E-state index in [0.717, 1.165) is 6.26 Å². The lowest BCUT2D eigenvalue weighted by Crippen LogP contribution is -1.95. The first kappa shape index (κ1) is 18.4. The zero-order chi connectivity index (χ0) is 10.9. The van der Waals surface area contributed by atoms with E-state index >= 15 is 0 Å². The molecule has 0 aliphatic rings. The minimum atomic E-state index is -0.900. The molecule has 0 saturated heterocycles. The molecule has 0 spiro atoms. The van der Waals surface area contributed by atoms with Gasteiger partial charge in [0, 0.05) is 12.5 Å². The smallest absolute Gasteiger partial charge is 0.330 e. The number of carbonyl (C=O) groups excluding carboxylic acids is 1. The monoisotopic (exact) mass is 218 g/mol. The summed E-state index contributed by atoms with van der Waals surface area (Å²) in [6, 6.07) is 0. The predicted octanol–water partition coefficient (Wildman–Crippen LogP) is 0.279. The van der Waals surface area contributed by atoms with Crippen molar-refractivity contribution in [1.29, 1.82) is 0 Å². The highest BCUT2D eigenvalue weighted by Crippen LogP contribution is 1.93. The summed E-state index contributed by atoms with van der Waals surface area (Å²) in [6.07, 6.45) is 1.62. The van der Waals surface area contributed by atoms with E-state index in [0.29, 0.717) is 6.42 Å². The molecule has 0 unspecified atom stereocenters. The molecule has 0 heterocycles. The number of rotatable bonds is 3. The highest BCUT2D eigenvalue weighted by molar-refractivity contribution is 5.85. The third kappa shape index (κ3) is 16.9. The Kier molecular flexibility index (Phi) is 15.3. The van der Waals surface area contributed by atoms with Gasteiger partial charge in [-0.2, -0.15) is 0 Å². The molecular weight excluding hydrogens is 200 g/mol. The SMILES string of the molecule is C=C(CC)C(=O)O.C=COC(C)=O.[SiH4]. The van der Waals surface area contributed by atoms with E-state index in [1.165, 1.54) is 6.92 Å². The predicted molar refractivity (Wildman–Crippen MR) is 60.4 cm³/mol. The van der Waals surface area contributed by atoms with Gasteiger partial charge in [-0.3, -0.25) is 4.79 Å². The quantitative estimate of drug-likeness (QED) is 0.320. The molecule has 0 aliphatic heterocycles. The van der Waals surface area contributed by atoms with E-state index in [4.69, 9.17) is 5.11 Å². The fourth-order valence-corrected chi connectivity index (χ4v) is 0.269. The molecule has 5 heteroatoms. The summed E-state index contributed by atoms with van der Waals surface area (Å²) in [7, 11) is 0. The Balaban J connectivity index is -0.000000163. The molecule has 0 radical (unpaired) electrons. The van der Waals surface area contributed by atoms with Crippen molar-refractivity contribution in [3.8, 4) is 0 Å². The first-order valence-corrected chi connectivity index (χ1v) is 3.64. The summed E-state index contributed by atoms with van der Waals surface area (Å²) in [6.45, 7) is 9.51. The lowest BCUT2D eigenvalue weighted by atomic mass is 10.2. The minimum absolute atomic E-state index is 0. The number of aliphatic carboxylic acids is 1. The summed E-state index contributed by atoms with van der Waals surface area (Å²) in [4.78, 5) is 19.6. The van der Waals surface area contributed by atoms with Crippen LogP contribution in [0.25, 0.3) is 0 Å². The second-order valence-electron chi connectivity index (χ2n) is 2.04. The molecular formula is C9H18O4Si. The van der Waals surface area contributed by atoms with Crippen molar-refractivity contribution in [2.24, 2.45) is 0 Å². The van der Waals surface area contributed by atoms with Gasteiger partial charge in [0.05, 0.1) is 6.26 Å². The lowest BCUT2D eigenvalue weighted by Gasteiger charge is -1.87. The van der Waals surface area contributed by atoms with Crippen LogP contribution in [0.5, 0.6) is 0 Å². The van der Waals surface area contributed by atoms with Gasteiger partial charge in [-0.1, -0.05) is 20.1 Å². The van der Waals surface area contributed by atoms with Crippen molar-refractivity contribution >= 4 is 22.9 Å². The number of carboxylic acid groups (broad SMARTS) is 1. The lowest BCUT2D eigenvalue weighted by molar-refractivity contribution is -0.135. The Hall–Kier alpha value is -1.36. The van der Waals surface area contributed by atoms with E-state index in [-0.39, 0.29) is 22.5 Å². The van der Waals surface area contributed by atoms with Gasteiger partial charge in [0.25, 0.3) is 0 Å². The second-order valence-corrected chi connectivity index (χ2v) is 2.04. The standard InChI is InChI=1S/C5H8O2.C4H6O2.H4Si/c1-3-4(2)5(6)7;1-3-6-4(2)5;/h2-3H2,1H3,(H,6,7);3H,1H2,2H3;1H4. The van der Waals surface area contributed by atoms with Crippen LogP contribution < -0.4 is 0 Å². The Bertz CT molecular complexity index is 211. The van der Waals surface area contributed by atoms with E-state index in [1.54, 1.807) is 6.92 Å².